The van der Waals surface area contributed by atoms with Crippen LogP contribution in [0.25, 0.3) is 0 Å². The van der Waals surface area contributed by atoms with E-state index in [4.69, 9.17) is 11.6 Å². The average Bonchev–Trinajstić information content (AvgIpc) is 2.51. The standard InChI is InChI=1S/C16H16BrClN2O3S/c1-20(24(2,22)23)15(11-6-4-3-5-7-11)16(21)19-12-8-9-13(17)14(18)10-12/h3-10,15H,1-2H3,(H,19,21)/t15-/m0/s1. The maximum absolute atomic E-state index is 12.7. The number of hydrogen-bond donors (Lipinski definition) is 1. The van der Waals surface area contributed by atoms with Crippen LogP contribution < -0.4 is 5.32 Å². The van der Waals surface area contributed by atoms with E-state index in [1.165, 1.54) is 7.05 Å². The molecule has 2 aromatic carbocycles. The van der Waals surface area contributed by atoms with E-state index in [0.29, 0.717) is 20.7 Å². The molecule has 0 fully saturated rings. The summed E-state index contributed by atoms with van der Waals surface area (Å²) in [4.78, 5) is 12.7. The number of nitrogens with zero attached hydrogens (tertiary/aromatic N) is 1. The van der Waals surface area contributed by atoms with Crippen molar-refractivity contribution in [2.45, 2.75) is 6.04 Å². The molecule has 1 N–H and O–H groups in total. The normalized spacial score (nSPS) is 12.9. The first-order chi connectivity index (χ1) is 11.2. The van der Waals surface area contributed by atoms with Crippen LogP contribution in [0.5, 0.6) is 0 Å². The summed E-state index contributed by atoms with van der Waals surface area (Å²) in [6.07, 6.45) is 1.06. The molecule has 0 aromatic heterocycles. The van der Waals surface area contributed by atoms with Crippen LogP contribution in [-0.4, -0.2) is 31.9 Å². The fourth-order valence-electron chi connectivity index (χ4n) is 2.14. The van der Waals surface area contributed by atoms with Gasteiger partial charge in [0.25, 0.3) is 0 Å². The van der Waals surface area contributed by atoms with E-state index in [1.54, 1.807) is 48.5 Å². The molecule has 5 nitrogen and oxygen atoms in total. The van der Waals surface area contributed by atoms with E-state index in [-0.39, 0.29) is 0 Å². The Kier molecular flexibility index (Phi) is 6.03. The van der Waals surface area contributed by atoms with Crippen molar-refractivity contribution in [1.82, 2.24) is 4.31 Å². The lowest BCUT2D eigenvalue weighted by molar-refractivity contribution is -0.119. The number of rotatable bonds is 5. The average molecular weight is 432 g/mol. The number of carbonyl (C=O) groups excluding carboxylic acids is 1. The van der Waals surface area contributed by atoms with Crippen LogP contribution in [0.1, 0.15) is 11.6 Å². The van der Waals surface area contributed by atoms with Crippen molar-refractivity contribution >= 4 is 49.1 Å². The summed E-state index contributed by atoms with van der Waals surface area (Å²) in [6, 6.07) is 12.7. The summed E-state index contributed by atoms with van der Waals surface area (Å²) in [5.41, 5.74) is 1.06. The van der Waals surface area contributed by atoms with Gasteiger partial charge >= 0.3 is 0 Å². The molecule has 0 aliphatic heterocycles. The molecular weight excluding hydrogens is 416 g/mol. The fourth-order valence-corrected chi connectivity index (χ4v) is 3.17. The molecular formula is C16H16BrClN2O3S. The van der Waals surface area contributed by atoms with Gasteiger partial charge in [0.2, 0.25) is 15.9 Å². The Morgan fingerprint density at radius 2 is 1.83 bits per heavy atom. The van der Waals surface area contributed by atoms with Gasteiger partial charge in [0.05, 0.1) is 11.3 Å². The quantitative estimate of drug-likeness (QED) is 0.785. The third-order valence-corrected chi connectivity index (χ3v) is 5.93. The van der Waals surface area contributed by atoms with Gasteiger partial charge in [0, 0.05) is 17.2 Å². The van der Waals surface area contributed by atoms with Gasteiger partial charge in [-0.2, -0.15) is 4.31 Å². The largest absolute Gasteiger partial charge is 0.324 e. The minimum absolute atomic E-state index is 0.445. The molecule has 128 valence electrons. The van der Waals surface area contributed by atoms with Gasteiger partial charge in [-0.3, -0.25) is 4.79 Å². The highest BCUT2D eigenvalue weighted by Crippen LogP contribution is 2.28. The monoisotopic (exact) mass is 430 g/mol. The molecule has 0 heterocycles. The number of sulfonamides is 1. The molecule has 0 aliphatic rings. The first kappa shape index (κ1) is 18.9. The van der Waals surface area contributed by atoms with E-state index in [0.717, 1.165) is 10.6 Å². The van der Waals surface area contributed by atoms with E-state index in [9.17, 15) is 13.2 Å². The first-order valence-corrected chi connectivity index (χ1v) is 9.96. The number of anilines is 1. The molecule has 2 rings (SSSR count). The van der Waals surface area contributed by atoms with Gasteiger partial charge in [-0.05, 0) is 39.7 Å². The van der Waals surface area contributed by atoms with Gasteiger partial charge in [0.15, 0.2) is 0 Å². The molecule has 0 saturated carbocycles. The molecule has 0 spiro atoms. The van der Waals surface area contributed by atoms with Crippen LogP contribution in [0.15, 0.2) is 53.0 Å². The number of benzene rings is 2. The van der Waals surface area contributed by atoms with Gasteiger partial charge in [0.1, 0.15) is 6.04 Å². The Bertz CT molecular complexity index is 844. The molecule has 0 radical (unpaired) electrons. The number of amides is 1. The highest BCUT2D eigenvalue weighted by molar-refractivity contribution is 9.10. The van der Waals surface area contributed by atoms with Gasteiger partial charge in [-0.25, -0.2) is 8.42 Å². The lowest BCUT2D eigenvalue weighted by atomic mass is 10.1. The van der Waals surface area contributed by atoms with E-state index >= 15 is 0 Å². The highest BCUT2D eigenvalue weighted by Gasteiger charge is 2.30. The third kappa shape index (κ3) is 4.57. The maximum atomic E-state index is 12.7. The van der Waals surface area contributed by atoms with Gasteiger partial charge < -0.3 is 5.32 Å². The summed E-state index contributed by atoms with van der Waals surface area (Å²) < 4.78 is 25.6. The molecule has 1 amide bonds. The van der Waals surface area contributed by atoms with E-state index in [2.05, 4.69) is 21.2 Å². The summed E-state index contributed by atoms with van der Waals surface area (Å²) in [5, 5.41) is 3.16. The fraction of sp³-hybridized carbons (Fsp3) is 0.188. The molecule has 8 heteroatoms. The summed E-state index contributed by atoms with van der Waals surface area (Å²) in [7, 11) is -2.19. The summed E-state index contributed by atoms with van der Waals surface area (Å²) in [6.45, 7) is 0. The second-order valence-electron chi connectivity index (χ2n) is 5.21. The van der Waals surface area contributed by atoms with Crippen LogP contribution in [0.3, 0.4) is 0 Å². The Morgan fingerprint density at radius 3 is 2.38 bits per heavy atom. The summed E-state index contributed by atoms with van der Waals surface area (Å²) >= 11 is 9.30. The number of halogens is 2. The predicted molar refractivity (Wildman–Crippen MR) is 99.6 cm³/mol. The number of likely N-dealkylation sites (N-methyl/N-ethyl adjacent to an activating group) is 1. The zero-order valence-electron chi connectivity index (χ0n) is 13.0. The van der Waals surface area contributed by atoms with Crippen LogP contribution in [0.2, 0.25) is 5.02 Å². The van der Waals surface area contributed by atoms with Crippen molar-refractivity contribution in [3.63, 3.8) is 0 Å². The van der Waals surface area contributed by atoms with Gasteiger partial charge in [-0.1, -0.05) is 41.9 Å². The Hall–Kier alpha value is -1.41. The number of carbonyl (C=O) groups is 1. The minimum Gasteiger partial charge on any atom is -0.324 e. The molecule has 1 atom stereocenters. The van der Waals surface area contributed by atoms with E-state index < -0.39 is 22.0 Å². The topological polar surface area (TPSA) is 66.5 Å². The predicted octanol–water partition coefficient (Wildman–Crippen LogP) is 3.67. The molecule has 0 bridgehead atoms. The van der Waals surface area contributed by atoms with Crippen molar-refractivity contribution < 1.29 is 13.2 Å². The lowest BCUT2D eigenvalue weighted by Crippen LogP contribution is -2.38. The van der Waals surface area contributed by atoms with Crippen LogP contribution >= 0.6 is 27.5 Å². The molecule has 2 aromatic rings. The van der Waals surface area contributed by atoms with Crippen molar-refractivity contribution in [3.05, 3.63) is 63.6 Å². The third-order valence-electron chi connectivity index (χ3n) is 3.44. The summed E-state index contributed by atoms with van der Waals surface area (Å²) in [5.74, 6) is -0.465. The van der Waals surface area contributed by atoms with Crippen molar-refractivity contribution in [2.24, 2.45) is 0 Å². The Balaban J connectivity index is 2.36. The molecule has 0 saturated heterocycles. The smallest absolute Gasteiger partial charge is 0.247 e. The van der Waals surface area contributed by atoms with Crippen LogP contribution in [0, 0.1) is 0 Å². The van der Waals surface area contributed by atoms with Crippen molar-refractivity contribution in [1.29, 1.82) is 0 Å². The second kappa shape index (κ2) is 7.65. The lowest BCUT2D eigenvalue weighted by Gasteiger charge is -2.25. The Labute approximate surface area is 154 Å². The van der Waals surface area contributed by atoms with Crippen molar-refractivity contribution in [3.8, 4) is 0 Å². The van der Waals surface area contributed by atoms with Crippen molar-refractivity contribution in [2.75, 3.05) is 18.6 Å². The molecule has 0 unspecified atom stereocenters. The van der Waals surface area contributed by atoms with Gasteiger partial charge in [-0.15, -0.1) is 0 Å². The number of nitrogens with one attached hydrogen (secondary N) is 1. The zero-order chi connectivity index (χ0) is 17.9. The molecule has 24 heavy (non-hydrogen) atoms. The highest BCUT2D eigenvalue weighted by atomic mass is 79.9. The number of hydrogen-bond acceptors (Lipinski definition) is 3. The Morgan fingerprint density at radius 1 is 1.21 bits per heavy atom. The van der Waals surface area contributed by atoms with E-state index in [1.807, 2.05) is 0 Å². The van der Waals surface area contributed by atoms with Crippen LogP contribution in [0.4, 0.5) is 5.69 Å². The zero-order valence-corrected chi connectivity index (χ0v) is 16.2. The second-order valence-corrected chi connectivity index (χ2v) is 8.51. The SMILES string of the molecule is CN([C@H](C(=O)Nc1ccc(Br)c(Cl)c1)c1ccccc1)S(C)(=O)=O. The maximum Gasteiger partial charge on any atom is 0.247 e. The van der Waals surface area contributed by atoms with Crippen LogP contribution in [-0.2, 0) is 14.8 Å². The first-order valence-electron chi connectivity index (χ1n) is 6.94. The molecule has 0 aliphatic carbocycles. The minimum atomic E-state index is -3.56.